The minimum Gasteiger partial charge on any atom is -0.356 e. The van der Waals surface area contributed by atoms with E-state index in [1.807, 2.05) is 55.5 Å². The summed E-state index contributed by atoms with van der Waals surface area (Å²) >= 11 is 0. The summed E-state index contributed by atoms with van der Waals surface area (Å²) in [7, 11) is 0. The first-order valence-corrected chi connectivity index (χ1v) is 8.45. The Morgan fingerprint density at radius 1 is 1.04 bits per heavy atom. The normalized spacial score (nSPS) is 12.0. The second-order valence-corrected chi connectivity index (χ2v) is 6.31. The number of benzene rings is 2. The molecule has 27 heavy (non-hydrogen) atoms. The zero-order valence-electron chi connectivity index (χ0n) is 14.7. The molecule has 2 N–H and O–H groups in total. The highest BCUT2D eigenvalue weighted by molar-refractivity contribution is 5.92. The molecule has 0 spiro atoms. The predicted molar refractivity (Wildman–Crippen MR) is 106 cm³/mol. The highest BCUT2D eigenvalue weighted by Gasteiger charge is 2.19. The summed E-state index contributed by atoms with van der Waals surface area (Å²) in [6.45, 7) is 1.84. The first-order chi connectivity index (χ1) is 12.6. The molecule has 138 valence electrons. The van der Waals surface area contributed by atoms with E-state index in [9.17, 15) is 4.39 Å². The number of pyridine rings is 1. The van der Waals surface area contributed by atoms with E-state index in [1.54, 1.807) is 6.07 Å². The minimum absolute atomic E-state index is 0. The van der Waals surface area contributed by atoms with Crippen molar-refractivity contribution in [2.45, 2.75) is 19.4 Å². The van der Waals surface area contributed by atoms with Crippen molar-refractivity contribution < 1.29 is 8.91 Å². The van der Waals surface area contributed by atoms with E-state index in [0.29, 0.717) is 12.1 Å². The van der Waals surface area contributed by atoms with Crippen molar-refractivity contribution >= 4 is 23.4 Å². The van der Waals surface area contributed by atoms with Crippen LogP contribution in [0.1, 0.15) is 23.0 Å². The summed E-state index contributed by atoms with van der Waals surface area (Å²) in [6, 6.07) is 18.1. The molecule has 0 amide bonds. The van der Waals surface area contributed by atoms with Gasteiger partial charge < -0.3 is 10.3 Å². The molecule has 2 aromatic heterocycles. The Labute approximate surface area is 162 Å². The Kier molecular flexibility index (Phi) is 5.54. The summed E-state index contributed by atoms with van der Waals surface area (Å²) in [5.41, 5.74) is 10.8. The standard InChI is InChI=1S/C21H18FN3O.ClH/c1-13-10-11-17(22)19(24-13)12-18(23)14-6-2-3-7-15(14)21-16-8-4-5-9-20(16)26-25-21;/h2-11,18H,12,23H2,1H3;1H/t18-;/m0./s1. The lowest BCUT2D eigenvalue weighted by Gasteiger charge is -2.16. The summed E-state index contributed by atoms with van der Waals surface area (Å²) < 4.78 is 19.5. The van der Waals surface area contributed by atoms with Crippen LogP contribution in [0, 0.1) is 12.7 Å². The fourth-order valence-electron chi connectivity index (χ4n) is 3.17. The lowest BCUT2D eigenvalue weighted by atomic mass is 9.94. The fraction of sp³-hybridized carbons (Fsp3) is 0.143. The summed E-state index contributed by atoms with van der Waals surface area (Å²) in [4.78, 5) is 4.29. The van der Waals surface area contributed by atoms with Crippen LogP contribution >= 0.6 is 12.4 Å². The van der Waals surface area contributed by atoms with Crippen molar-refractivity contribution in [1.82, 2.24) is 10.1 Å². The van der Waals surface area contributed by atoms with Gasteiger partial charge in [0.25, 0.3) is 0 Å². The van der Waals surface area contributed by atoms with Gasteiger partial charge in [-0.3, -0.25) is 4.98 Å². The number of nitrogens with two attached hydrogens (primary N) is 1. The first kappa shape index (κ1) is 19.0. The molecule has 0 bridgehead atoms. The monoisotopic (exact) mass is 383 g/mol. The third kappa shape index (κ3) is 3.70. The van der Waals surface area contributed by atoms with E-state index in [0.717, 1.165) is 33.5 Å². The Morgan fingerprint density at radius 2 is 1.78 bits per heavy atom. The number of aryl methyl sites for hydroxylation is 1. The minimum atomic E-state index is -0.412. The van der Waals surface area contributed by atoms with Gasteiger partial charge in [0.15, 0.2) is 5.58 Å². The molecule has 0 saturated heterocycles. The maximum Gasteiger partial charge on any atom is 0.167 e. The van der Waals surface area contributed by atoms with Crippen LogP contribution in [0.3, 0.4) is 0 Å². The lowest BCUT2D eigenvalue weighted by Crippen LogP contribution is -2.16. The zero-order valence-corrected chi connectivity index (χ0v) is 15.5. The van der Waals surface area contributed by atoms with Crippen LogP contribution in [0.15, 0.2) is 65.2 Å². The van der Waals surface area contributed by atoms with E-state index in [1.165, 1.54) is 6.07 Å². The first-order valence-electron chi connectivity index (χ1n) is 8.45. The SMILES string of the molecule is Cc1ccc(F)c(C[C@H](N)c2ccccc2-c2noc3ccccc23)n1.Cl. The van der Waals surface area contributed by atoms with Gasteiger partial charge in [-0.1, -0.05) is 41.6 Å². The summed E-state index contributed by atoms with van der Waals surface area (Å²) in [6.07, 6.45) is 0.306. The van der Waals surface area contributed by atoms with Crippen LogP contribution in [-0.2, 0) is 6.42 Å². The average Bonchev–Trinajstić information content (AvgIpc) is 3.08. The summed E-state index contributed by atoms with van der Waals surface area (Å²) in [5.74, 6) is -0.338. The van der Waals surface area contributed by atoms with E-state index < -0.39 is 6.04 Å². The van der Waals surface area contributed by atoms with Gasteiger partial charge in [-0.25, -0.2) is 4.39 Å². The molecule has 0 saturated carbocycles. The molecule has 0 radical (unpaired) electrons. The number of fused-ring (bicyclic) bond motifs is 1. The molecule has 2 aromatic carbocycles. The number of rotatable bonds is 4. The second kappa shape index (κ2) is 7.86. The molecule has 0 aliphatic carbocycles. The maximum atomic E-state index is 14.1. The van der Waals surface area contributed by atoms with Crippen LogP contribution in [0.25, 0.3) is 22.2 Å². The van der Waals surface area contributed by atoms with Crippen LogP contribution in [0.5, 0.6) is 0 Å². The third-order valence-electron chi connectivity index (χ3n) is 4.46. The number of para-hydroxylation sites is 1. The summed E-state index contributed by atoms with van der Waals surface area (Å²) in [5, 5.41) is 5.15. The highest BCUT2D eigenvalue weighted by Crippen LogP contribution is 2.33. The number of hydrogen-bond acceptors (Lipinski definition) is 4. The van der Waals surface area contributed by atoms with Gasteiger partial charge in [-0.15, -0.1) is 12.4 Å². The molecule has 4 rings (SSSR count). The maximum absolute atomic E-state index is 14.1. The molecule has 0 fully saturated rings. The van der Waals surface area contributed by atoms with Crippen molar-refractivity contribution in [2.24, 2.45) is 5.73 Å². The molecular formula is C21H19ClFN3O. The van der Waals surface area contributed by atoms with Crippen LogP contribution in [0.2, 0.25) is 0 Å². The largest absolute Gasteiger partial charge is 0.356 e. The van der Waals surface area contributed by atoms with Crippen molar-refractivity contribution in [3.63, 3.8) is 0 Å². The smallest absolute Gasteiger partial charge is 0.167 e. The van der Waals surface area contributed by atoms with E-state index in [2.05, 4.69) is 10.1 Å². The molecule has 4 aromatic rings. The third-order valence-corrected chi connectivity index (χ3v) is 4.46. The molecule has 0 aliphatic rings. The molecule has 4 nitrogen and oxygen atoms in total. The quantitative estimate of drug-likeness (QED) is 0.538. The van der Waals surface area contributed by atoms with Gasteiger partial charge >= 0.3 is 0 Å². The van der Waals surface area contributed by atoms with Crippen molar-refractivity contribution in [2.75, 3.05) is 0 Å². The average molecular weight is 384 g/mol. The van der Waals surface area contributed by atoms with Gasteiger partial charge in [0.2, 0.25) is 0 Å². The van der Waals surface area contributed by atoms with Crippen LogP contribution in [0.4, 0.5) is 4.39 Å². The molecule has 0 unspecified atom stereocenters. The van der Waals surface area contributed by atoms with Crippen LogP contribution in [-0.4, -0.2) is 10.1 Å². The second-order valence-electron chi connectivity index (χ2n) is 6.31. The Hall–Kier alpha value is -2.76. The van der Waals surface area contributed by atoms with Gasteiger partial charge in [0.1, 0.15) is 11.5 Å². The van der Waals surface area contributed by atoms with Gasteiger partial charge in [-0.05, 0) is 36.8 Å². The highest BCUT2D eigenvalue weighted by atomic mass is 35.5. The number of aromatic nitrogens is 2. The van der Waals surface area contributed by atoms with Gasteiger partial charge in [0.05, 0.1) is 5.69 Å². The zero-order chi connectivity index (χ0) is 18.1. The van der Waals surface area contributed by atoms with E-state index in [-0.39, 0.29) is 18.2 Å². The van der Waals surface area contributed by atoms with Crippen molar-refractivity contribution in [3.8, 4) is 11.3 Å². The number of hydrogen-bond donors (Lipinski definition) is 1. The molecule has 0 aliphatic heterocycles. The van der Waals surface area contributed by atoms with E-state index >= 15 is 0 Å². The molecule has 2 heterocycles. The number of nitrogens with zero attached hydrogens (tertiary/aromatic N) is 2. The Balaban J connectivity index is 0.00000210. The van der Waals surface area contributed by atoms with E-state index in [4.69, 9.17) is 10.3 Å². The molecular weight excluding hydrogens is 365 g/mol. The number of halogens is 2. The van der Waals surface area contributed by atoms with Gasteiger partial charge in [0, 0.05) is 29.1 Å². The molecule has 1 atom stereocenters. The topological polar surface area (TPSA) is 64.9 Å². The predicted octanol–water partition coefficient (Wildman–Crippen LogP) is 5.00. The van der Waals surface area contributed by atoms with Crippen molar-refractivity contribution in [1.29, 1.82) is 0 Å². The molecule has 6 heteroatoms. The fourth-order valence-corrected chi connectivity index (χ4v) is 3.17. The van der Waals surface area contributed by atoms with Crippen LogP contribution < -0.4 is 5.73 Å². The van der Waals surface area contributed by atoms with Gasteiger partial charge in [-0.2, -0.15) is 0 Å². The Bertz CT molecular complexity index is 1080. The Morgan fingerprint density at radius 3 is 2.63 bits per heavy atom. The lowest BCUT2D eigenvalue weighted by molar-refractivity contribution is 0.459. The van der Waals surface area contributed by atoms with Crippen molar-refractivity contribution in [3.05, 3.63) is 83.4 Å².